The minimum absolute atomic E-state index is 0.00428. The zero-order valence-electron chi connectivity index (χ0n) is 22.2. The molecule has 0 bridgehead atoms. The molecule has 7 N–H and O–H groups in total. The van der Waals surface area contributed by atoms with Crippen molar-refractivity contribution in [3.8, 4) is 11.8 Å². The van der Waals surface area contributed by atoms with E-state index in [1.807, 2.05) is 0 Å². The van der Waals surface area contributed by atoms with E-state index in [1.54, 1.807) is 24.3 Å². The van der Waals surface area contributed by atoms with Crippen LogP contribution in [0.25, 0.3) is 10.8 Å². The van der Waals surface area contributed by atoms with E-state index in [2.05, 4.69) is 35.8 Å². The van der Waals surface area contributed by atoms with E-state index in [0.717, 1.165) is 30.3 Å². The summed E-state index contributed by atoms with van der Waals surface area (Å²) in [4.78, 5) is 33.9. The van der Waals surface area contributed by atoms with Gasteiger partial charge in [-0.3, -0.25) is 4.55 Å². The van der Waals surface area contributed by atoms with E-state index in [1.165, 1.54) is 12.1 Å². The summed E-state index contributed by atoms with van der Waals surface area (Å²) in [6.07, 6.45) is 0. The second-order valence-electron chi connectivity index (χ2n) is 9.10. The number of rotatable bonds is 9. The third-order valence-corrected chi connectivity index (χ3v) is 7.08. The number of carbonyl (C=O) groups is 2. The van der Waals surface area contributed by atoms with E-state index >= 15 is 0 Å². The van der Waals surface area contributed by atoms with Crippen molar-refractivity contribution in [3.63, 3.8) is 0 Å². The second kappa shape index (κ2) is 12.0. The number of halogens is 1. The maximum absolute atomic E-state index is 12.0. The van der Waals surface area contributed by atoms with Crippen LogP contribution in [0.2, 0.25) is 5.02 Å². The van der Waals surface area contributed by atoms with Crippen molar-refractivity contribution in [3.05, 3.63) is 82.9 Å². The molecule has 0 unspecified atom stereocenters. The summed E-state index contributed by atoms with van der Waals surface area (Å²) in [5, 5.41) is 53.9. The molecule has 0 spiro atoms. The highest BCUT2D eigenvalue weighted by atomic mass is 35.5. The maximum atomic E-state index is 12.0. The summed E-state index contributed by atoms with van der Waals surface area (Å²) in [6.45, 7) is 0. The molecule has 1 heterocycles. The number of benzene rings is 4. The predicted octanol–water partition coefficient (Wildman–Crippen LogP) is 5.64. The third kappa shape index (κ3) is 7.02. The molecule has 4 aromatic carbocycles. The lowest BCUT2D eigenvalue weighted by molar-refractivity contribution is 0.0696. The number of aromatic carboxylic acids is 2. The number of hydrogen-bond acceptors (Lipinski definition) is 13. The molecule has 0 fully saturated rings. The Hall–Kier alpha value is -5.91. The monoisotopic (exact) mass is 651 g/mol. The highest BCUT2D eigenvalue weighted by molar-refractivity contribution is 7.85. The summed E-state index contributed by atoms with van der Waals surface area (Å²) >= 11 is 5.89. The molecular formula is C27H18ClN7O9S. The van der Waals surface area contributed by atoms with Gasteiger partial charge in [0.05, 0.1) is 27.4 Å². The van der Waals surface area contributed by atoms with Gasteiger partial charge in [-0.1, -0.05) is 17.7 Å². The molecule has 0 amide bonds. The minimum Gasteiger partial charge on any atom is -0.505 e. The van der Waals surface area contributed by atoms with Crippen LogP contribution in [0.1, 0.15) is 20.7 Å². The second-order valence-corrected chi connectivity index (χ2v) is 11.0. The third-order valence-electron chi connectivity index (χ3n) is 5.99. The van der Waals surface area contributed by atoms with E-state index < -0.39 is 44.7 Å². The molecule has 0 radical (unpaired) electrons. The lowest BCUT2D eigenvalue weighted by Gasteiger charge is -2.14. The van der Waals surface area contributed by atoms with Gasteiger partial charge in [0.15, 0.2) is 5.75 Å². The van der Waals surface area contributed by atoms with E-state index in [0.29, 0.717) is 10.7 Å². The van der Waals surface area contributed by atoms with Crippen molar-refractivity contribution in [1.82, 2.24) is 15.0 Å². The van der Waals surface area contributed by atoms with Crippen molar-refractivity contribution in [2.24, 2.45) is 10.2 Å². The minimum atomic E-state index is -4.75. The Bertz CT molecular complexity index is 2110. The average Bonchev–Trinajstić information content (AvgIpc) is 2.96. The van der Waals surface area contributed by atoms with Crippen LogP contribution in [0, 0.1) is 0 Å². The molecule has 5 rings (SSSR count). The zero-order valence-corrected chi connectivity index (χ0v) is 23.8. The van der Waals surface area contributed by atoms with E-state index in [4.69, 9.17) is 11.6 Å². The van der Waals surface area contributed by atoms with Crippen LogP contribution < -0.4 is 10.6 Å². The smallest absolute Gasteiger partial charge is 0.335 e. The highest BCUT2D eigenvalue weighted by Crippen LogP contribution is 2.42. The maximum Gasteiger partial charge on any atom is 0.335 e. The molecule has 228 valence electrons. The number of aromatic nitrogens is 3. The molecule has 0 atom stereocenters. The summed E-state index contributed by atoms with van der Waals surface area (Å²) in [5.74, 6) is -4.03. The number of carboxylic acids is 2. The Balaban J connectivity index is 1.57. The first-order chi connectivity index (χ1) is 21.3. The highest BCUT2D eigenvalue weighted by Gasteiger charge is 2.19. The van der Waals surface area contributed by atoms with Gasteiger partial charge in [-0.15, -0.1) is 5.11 Å². The number of phenols is 1. The largest absolute Gasteiger partial charge is 0.505 e. The van der Waals surface area contributed by atoms with Crippen LogP contribution in [0.5, 0.6) is 11.8 Å². The number of anilines is 4. The molecule has 45 heavy (non-hydrogen) atoms. The quantitative estimate of drug-likeness (QED) is 0.0752. The van der Waals surface area contributed by atoms with Gasteiger partial charge in [-0.25, -0.2) is 9.59 Å². The van der Waals surface area contributed by atoms with Crippen molar-refractivity contribution in [2.75, 3.05) is 10.6 Å². The number of nitrogens with one attached hydrogen (secondary N) is 2. The Morgan fingerprint density at radius 3 is 2.00 bits per heavy atom. The Kier molecular flexibility index (Phi) is 8.14. The first-order valence-corrected chi connectivity index (χ1v) is 14.1. The molecule has 0 aliphatic heterocycles. The molecule has 16 nitrogen and oxygen atoms in total. The zero-order chi connectivity index (χ0) is 32.5. The van der Waals surface area contributed by atoms with Gasteiger partial charge in [0.25, 0.3) is 10.1 Å². The summed E-state index contributed by atoms with van der Waals surface area (Å²) in [5.41, 5.74) is -0.531. The molecule has 0 aliphatic rings. The van der Waals surface area contributed by atoms with Crippen LogP contribution in [0.15, 0.2) is 81.9 Å². The van der Waals surface area contributed by atoms with Gasteiger partial charge in [0.1, 0.15) is 5.69 Å². The molecule has 0 saturated heterocycles. The average molecular weight is 652 g/mol. The molecule has 18 heteroatoms. The molecule has 1 aromatic heterocycles. The van der Waals surface area contributed by atoms with Crippen molar-refractivity contribution >= 4 is 79.1 Å². The Morgan fingerprint density at radius 1 is 0.778 bits per heavy atom. The van der Waals surface area contributed by atoms with Gasteiger partial charge >= 0.3 is 17.9 Å². The Labute approximate surface area is 257 Å². The number of fused-ring (bicyclic) bond motifs is 1. The van der Waals surface area contributed by atoms with Gasteiger partial charge < -0.3 is 31.1 Å². The number of nitrogens with zero attached hydrogens (tertiary/aromatic N) is 5. The number of aromatic hydroxyl groups is 2. The van der Waals surface area contributed by atoms with E-state index in [9.17, 15) is 43.0 Å². The number of hydrogen-bond donors (Lipinski definition) is 7. The molecule has 0 aliphatic carbocycles. The Morgan fingerprint density at radius 2 is 1.40 bits per heavy atom. The lowest BCUT2D eigenvalue weighted by Crippen LogP contribution is -2.07. The molecular weight excluding hydrogens is 634 g/mol. The van der Waals surface area contributed by atoms with Gasteiger partial charge in [0, 0.05) is 16.1 Å². The standard InChI is InChI=1S/C27H18ClN7O9S/c28-15-2-4-16(5-3-15)34-35-19-6-1-12-10-18(45(42,43)44)11-20(21(12)22(19)36)30-26-31-25(32-27(41)33-26)29-17-8-13(23(37)38)7-14(9-17)24(39)40/h1-11,36H,(H,37,38)(H,39,40)(H,42,43,44)(H3,29,30,31,32,33,41)/b35-34+. The van der Waals surface area contributed by atoms with Crippen LogP contribution in [0.3, 0.4) is 0 Å². The number of carboxylic acid groups (broad SMARTS) is 2. The number of phenolic OH excluding ortho intramolecular Hbond substituents is 1. The van der Waals surface area contributed by atoms with Crippen LogP contribution in [-0.4, -0.2) is 60.3 Å². The first kappa shape index (κ1) is 30.5. The van der Waals surface area contributed by atoms with Crippen molar-refractivity contribution < 1.29 is 43.0 Å². The van der Waals surface area contributed by atoms with Crippen LogP contribution in [0.4, 0.5) is 34.6 Å². The fraction of sp³-hybridized carbons (Fsp3) is 0. The molecule has 0 saturated carbocycles. The van der Waals surface area contributed by atoms with Crippen LogP contribution in [-0.2, 0) is 10.1 Å². The van der Waals surface area contributed by atoms with Gasteiger partial charge in [0.2, 0.25) is 11.9 Å². The lowest BCUT2D eigenvalue weighted by atomic mass is 10.1. The first-order valence-electron chi connectivity index (χ1n) is 12.3. The van der Waals surface area contributed by atoms with Crippen molar-refractivity contribution in [1.29, 1.82) is 0 Å². The molecule has 5 aromatic rings. The topological polar surface area (TPSA) is 257 Å². The summed E-state index contributed by atoms with van der Waals surface area (Å²) in [7, 11) is -4.75. The fourth-order valence-corrected chi connectivity index (χ4v) is 4.70. The normalized spacial score (nSPS) is 11.5. The fourth-order valence-electron chi connectivity index (χ4n) is 4.03. The summed E-state index contributed by atoms with van der Waals surface area (Å²) in [6, 6.07) is 13.5. The SMILES string of the molecule is O=C(O)c1cc(Nc2nc(O)nc(Nc3cc(S(=O)(=O)O)cc4ccc(/N=N/c5ccc(Cl)cc5)c(O)c34)n2)cc(C(=O)O)c1. The van der Waals surface area contributed by atoms with Gasteiger partial charge in [-0.05, 0) is 66.0 Å². The predicted molar refractivity (Wildman–Crippen MR) is 159 cm³/mol. The van der Waals surface area contributed by atoms with E-state index in [-0.39, 0.29) is 44.9 Å². The number of azo groups is 1. The summed E-state index contributed by atoms with van der Waals surface area (Å²) < 4.78 is 33.8. The van der Waals surface area contributed by atoms with Crippen LogP contribution >= 0.6 is 11.6 Å². The van der Waals surface area contributed by atoms with Crippen molar-refractivity contribution in [2.45, 2.75) is 4.90 Å². The van der Waals surface area contributed by atoms with Gasteiger partial charge in [-0.2, -0.15) is 28.5 Å².